The first-order valence-corrected chi connectivity index (χ1v) is 8.11. The van der Waals surface area contributed by atoms with Gasteiger partial charge in [0.05, 0.1) is 0 Å². The zero-order valence-electron chi connectivity index (χ0n) is 13.0. The summed E-state index contributed by atoms with van der Waals surface area (Å²) in [5.74, 6) is 0.746. The minimum Gasteiger partial charge on any atom is -0.312 e. The van der Waals surface area contributed by atoms with E-state index < -0.39 is 0 Å². The molecule has 0 aromatic heterocycles. The Balaban J connectivity index is 2.11. The fourth-order valence-electron chi connectivity index (χ4n) is 3.97. The van der Waals surface area contributed by atoms with Crippen molar-refractivity contribution < 1.29 is 0 Å². The second-order valence-corrected chi connectivity index (χ2v) is 6.32. The maximum absolute atomic E-state index is 3.80. The Morgan fingerprint density at radius 3 is 1.95 bits per heavy atom. The third kappa shape index (κ3) is 2.51. The van der Waals surface area contributed by atoms with Crippen LogP contribution in [-0.4, -0.2) is 12.6 Å². The Bertz CT molecular complexity index is 521. The van der Waals surface area contributed by atoms with Gasteiger partial charge in [0.15, 0.2) is 0 Å². The number of nitrogens with one attached hydrogen (secondary N) is 1. The summed E-state index contributed by atoms with van der Waals surface area (Å²) in [6, 6.07) is 22.5. The van der Waals surface area contributed by atoms with Gasteiger partial charge in [0.1, 0.15) is 0 Å². The van der Waals surface area contributed by atoms with E-state index in [0.29, 0.717) is 6.04 Å². The third-order valence-corrected chi connectivity index (χ3v) is 5.24. The Hall–Kier alpha value is -1.60. The van der Waals surface area contributed by atoms with Crippen molar-refractivity contribution in [3.05, 3.63) is 71.8 Å². The van der Waals surface area contributed by atoms with Crippen LogP contribution in [0.3, 0.4) is 0 Å². The SMILES string of the molecule is CCC1CCNC1C(C)(c1ccccc1)c1ccccc1. The lowest BCUT2D eigenvalue weighted by Crippen LogP contribution is -2.47. The fourth-order valence-corrected chi connectivity index (χ4v) is 3.97. The molecule has 1 nitrogen and oxygen atoms in total. The van der Waals surface area contributed by atoms with E-state index in [9.17, 15) is 0 Å². The molecular weight excluding hydrogens is 254 g/mol. The number of benzene rings is 2. The highest BCUT2D eigenvalue weighted by Crippen LogP contribution is 2.41. The zero-order chi connectivity index (χ0) is 14.7. The normalized spacial score (nSPS) is 22.4. The second-order valence-electron chi connectivity index (χ2n) is 6.32. The minimum absolute atomic E-state index is 0.0275. The van der Waals surface area contributed by atoms with Gasteiger partial charge < -0.3 is 5.32 Å². The van der Waals surface area contributed by atoms with Gasteiger partial charge in [-0.25, -0.2) is 0 Å². The molecule has 2 unspecified atom stereocenters. The molecule has 1 saturated heterocycles. The predicted molar refractivity (Wildman–Crippen MR) is 89.5 cm³/mol. The lowest BCUT2D eigenvalue weighted by molar-refractivity contribution is 0.318. The summed E-state index contributed by atoms with van der Waals surface area (Å²) >= 11 is 0. The van der Waals surface area contributed by atoms with Crippen molar-refractivity contribution in [1.82, 2.24) is 5.32 Å². The topological polar surface area (TPSA) is 12.0 Å². The van der Waals surface area contributed by atoms with Crippen molar-refractivity contribution in [2.24, 2.45) is 5.92 Å². The van der Waals surface area contributed by atoms with E-state index in [1.54, 1.807) is 0 Å². The molecule has 2 aromatic carbocycles. The van der Waals surface area contributed by atoms with E-state index in [-0.39, 0.29) is 5.41 Å². The van der Waals surface area contributed by atoms with Crippen LogP contribution in [-0.2, 0) is 5.41 Å². The lowest BCUT2D eigenvalue weighted by atomic mass is 9.67. The van der Waals surface area contributed by atoms with Crippen LogP contribution in [0, 0.1) is 5.92 Å². The van der Waals surface area contributed by atoms with Crippen molar-refractivity contribution in [3.8, 4) is 0 Å². The first-order chi connectivity index (χ1) is 10.3. The monoisotopic (exact) mass is 279 g/mol. The molecule has 0 radical (unpaired) electrons. The van der Waals surface area contributed by atoms with Crippen LogP contribution in [0.5, 0.6) is 0 Å². The molecule has 0 saturated carbocycles. The molecule has 1 N–H and O–H groups in total. The van der Waals surface area contributed by atoms with Crippen molar-refractivity contribution in [2.45, 2.75) is 38.1 Å². The van der Waals surface area contributed by atoms with E-state index in [0.717, 1.165) is 12.5 Å². The molecule has 1 heteroatoms. The second kappa shape index (κ2) is 6.03. The summed E-state index contributed by atoms with van der Waals surface area (Å²) in [4.78, 5) is 0. The molecular formula is C20H25N. The lowest BCUT2D eigenvalue weighted by Gasteiger charge is -2.40. The summed E-state index contributed by atoms with van der Waals surface area (Å²) < 4.78 is 0. The van der Waals surface area contributed by atoms with E-state index in [4.69, 9.17) is 0 Å². The van der Waals surface area contributed by atoms with Crippen LogP contribution < -0.4 is 5.32 Å². The van der Waals surface area contributed by atoms with Gasteiger partial charge >= 0.3 is 0 Å². The van der Waals surface area contributed by atoms with Crippen LogP contribution >= 0.6 is 0 Å². The van der Waals surface area contributed by atoms with Gasteiger partial charge in [-0.2, -0.15) is 0 Å². The van der Waals surface area contributed by atoms with Crippen molar-refractivity contribution in [2.75, 3.05) is 6.54 Å². The molecule has 1 aliphatic rings. The zero-order valence-corrected chi connectivity index (χ0v) is 13.0. The molecule has 1 aliphatic heterocycles. The molecule has 0 amide bonds. The van der Waals surface area contributed by atoms with E-state index >= 15 is 0 Å². The summed E-state index contributed by atoms with van der Waals surface area (Å²) in [6.45, 7) is 5.86. The number of rotatable bonds is 4. The predicted octanol–water partition coefficient (Wildman–Crippen LogP) is 4.38. The molecule has 1 heterocycles. The summed E-state index contributed by atoms with van der Waals surface area (Å²) in [5, 5.41) is 3.80. The van der Waals surface area contributed by atoms with Gasteiger partial charge in [0.25, 0.3) is 0 Å². The van der Waals surface area contributed by atoms with E-state index in [1.807, 2.05) is 0 Å². The van der Waals surface area contributed by atoms with Gasteiger partial charge in [0.2, 0.25) is 0 Å². The summed E-state index contributed by atoms with van der Waals surface area (Å²) in [6.07, 6.45) is 2.53. The molecule has 0 spiro atoms. The molecule has 0 aliphatic carbocycles. The molecule has 3 rings (SSSR count). The Morgan fingerprint density at radius 2 is 1.48 bits per heavy atom. The maximum Gasteiger partial charge on any atom is 0.0330 e. The molecule has 110 valence electrons. The van der Waals surface area contributed by atoms with Gasteiger partial charge in [-0.05, 0) is 36.9 Å². The molecule has 2 aromatic rings. The van der Waals surface area contributed by atoms with Crippen molar-refractivity contribution >= 4 is 0 Å². The van der Waals surface area contributed by atoms with Crippen LogP contribution in [0.2, 0.25) is 0 Å². The first kappa shape index (κ1) is 14.3. The number of hydrogen-bond acceptors (Lipinski definition) is 1. The molecule has 21 heavy (non-hydrogen) atoms. The third-order valence-electron chi connectivity index (χ3n) is 5.24. The van der Waals surface area contributed by atoms with E-state index in [1.165, 1.54) is 24.0 Å². The van der Waals surface area contributed by atoms with E-state index in [2.05, 4.69) is 79.8 Å². The smallest absolute Gasteiger partial charge is 0.0330 e. The summed E-state index contributed by atoms with van der Waals surface area (Å²) in [5.41, 5.74) is 2.85. The van der Waals surface area contributed by atoms with Crippen molar-refractivity contribution in [1.29, 1.82) is 0 Å². The van der Waals surface area contributed by atoms with Gasteiger partial charge in [-0.3, -0.25) is 0 Å². The molecule has 2 atom stereocenters. The van der Waals surface area contributed by atoms with Crippen LogP contribution in [0.15, 0.2) is 60.7 Å². The average molecular weight is 279 g/mol. The maximum atomic E-state index is 3.80. The highest BCUT2D eigenvalue weighted by atomic mass is 15.0. The average Bonchev–Trinajstić information content (AvgIpc) is 3.05. The highest BCUT2D eigenvalue weighted by molar-refractivity contribution is 5.41. The quantitative estimate of drug-likeness (QED) is 0.875. The summed E-state index contributed by atoms with van der Waals surface area (Å²) in [7, 11) is 0. The number of hydrogen-bond donors (Lipinski definition) is 1. The highest BCUT2D eigenvalue weighted by Gasteiger charge is 2.43. The van der Waals surface area contributed by atoms with Gasteiger partial charge in [-0.1, -0.05) is 74.0 Å². The van der Waals surface area contributed by atoms with Crippen molar-refractivity contribution in [3.63, 3.8) is 0 Å². The van der Waals surface area contributed by atoms with Crippen LogP contribution in [0.25, 0.3) is 0 Å². The minimum atomic E-state index is 0.0275. The van der Waals surface area contributed by atoms with Gasteiger partial charge in [0, 0.05) is 11.5 Å². The standard InChI is InChI=1S/C20H25N/c1-3-16-14-15-21-19(16)20(2,17-10-6-4-7-11-17)18-12-8-5-9-13-18/h4-13,16,19,21H,3,14-15H2,1-2H3. The molecule has 1 fully saturated rings. The molecule has 0 bridgehead atoms. The van der Waals surface area contributed by atoms with Crippen LogP contribution in [0.4, 0.5) is 0 Å². The Morgan fingerprint density at radius 1 is 0.952 bits per heavy atom. The van der Waals surface area contributed by atoms with Gasteiger partial charge in [-0.15, -0.1) is 0 Å². The largest absolute Gasteiger partial charge is 0.312 e. The first-order valence-electron chi connectivity index (χ1n) is 8.11. The fraction of sp³-hybridized carbons (Fsp3) is 0.400. The Kier molecular flexibility index (Phi) is 4.12. The van der Waals surface area contributed by atoms with Crippen LogP contribution in [0.1, 0.15) is 37.8 Å². The Labute approximate surface area is 128 Å².